The molecular weight excluding hydrogens is 533 g/mol. The highest BCUT2D eigenvalue weighted by Crippen LogP contribution is 2.49. The monoisotopic (exact) mass is 552 g/mol. The molecule has 2 aromatic carbocycles. The molecule has 0 bridgehead atoms. The van der Waals surface area contributed by atoms with E-state index in [2.05, 4.69) is 5.32 Å². The Kier molecular flexibility index (Phi) is 7.82. The SMILES string of the molecule is Cc1c(Cl)cc(Cl)c2c1C(F)(F)CCN2C(=O)CCCC(=O)Nc1ccc(S(C)(=O)=O)cc1Cl. The summed E-state index contributed by atoms with van der Waals surface area (Å²) in [6.45, 7) is 1.24. The van der Waals surface area contributed by atoms with E-state index >= 15 is 0 Å². The standard InChI is InChI=1S/C22H21Cl3F2N2O4S/c1-12-14(23)11-16(25)21-20(12)22(26,27)8-9-29(21)19(31)5-3-4-18(30)28-17-7-6-13(10-15(17)24)34(2,32)33/h6-7,10-11H,3-5,8-9H2,1-2H3,(H,28,30). The fraction of sp³-hybridized carbons (Fsp3) is 0.364. The van der Waals surface area contributed by atoms with E-state index in [1.807, 2.05) is 0 Å². The van der Waals surface area contributed by atoms with Gasteiger partial charge in [-0.05, 0) is 43.2 Å². The van der Waals surface area contributed by atoms with E-state index in [1.54, 1.807) is 0 Å². The Morgan fingerprint density at radius 3 is 2.38 bits per heavy atom. The highest BCUT2D eigenvalue weighted by atomic mass is 35.5. The van der Waals surface area contributed by atoms with Crippen LogP contribution in [-0.2, 0) is 25.3 Å². The minimum Gasteiger partial charge on any atom is -0.325 e. The zero-order chi connectivity index (χ0) is 25.4. The first-order chi connectivity index (χ1) is 15.7. The van der Waals surface area contributed by atoms with Gasteiger partial charge in [-0.25, -0.2) is 17.2 Å². The molecule has 1 aliphatic heterocycles. The Labute approximate surface area is 211 Å². The first-order valence-electron chi connectivity index (χ1n) is 10.2. The third-order valence-corrected chi connectivity index (χ3v) is 7.58. The molecule has 0 saturated heterocycles. The molecule has 0 aliphatic carbocycles. The molecule has 0 radical (unpaired) electrons. The maximum atomic E-state index is 14.6. The van der Waals surface area contributed by atoms with E-state index < -0.39 is 34.0 Å². The van der Waals surface area contributed by atoms with Crippen molar-refractivity contribution in [3.05, 3.63) is 50.5 Å². The van der Waals surface area contributed by atoms with Gasteiger partial charge in [0.1, 0.15) is 0 Å². The Balaban J connectivity index is 1.65. The topological polar surface area (TPSA) is 83.6 Å². The molecule has 0 saturated carbocycles. The lowest BCUT2D eigenvalue weighted by atomic mass is 9.93. The second-order valence-electron chi connectivity index (χ2n) is 8.00. The van der Waals surface area contributed by atoms with E-state index in [1.165, 1.54) is 36.1 Å². The summed E-state index contributed by atoms with van der Waals surface area (Å²) in [5, 5.41) is 2.68. The van der Waals surface area contributed by atoms with Crippen molar-refractivity contribution in [3.63, 3.8) is 0 Å². The van der Waals surface area contributed by atoms with Gasteiger partial charge in [0.2, 0.25) is 11.8 Å². The first kappa shape index (κ1) is 26.7. The molecule has 12 heteroatoms. The molecule has 0 aromatic heterocycles. The number of hydrogen-bond acceptors (Lipinski definition) is 4. The zero-order valence-corrected chi connectivity index (χ0v) is 21.3. The molecule has 1 N–H and O–H groups in total. The lowest BCUT2D eigenvalue weighted by Gasteiger charge is -2.36. The van der Waals surface area contributed by atoms with Gasteiger partial charge < -0.3 is 10.2 Å². The number of benzene rings is 2. The van der Waals surface area contributed by atoms with E-state index in [4.69, 9.17) is 34.8 Å². The molecule has 1 heterocycles. The highest BCUT2D eigenvalue weighted by molar-refractivity contribution is 7.90. The number of nitrogens with zero attached hydrogens (tertiary/aromatic N) is 1. The van der Waals surface area contributed by atoms with Crippen molar-refractivity contribution in [2.24, 2.45) is 0 Å². The quantitative estimate of drug-likeness (QED) is 0.476. The van der Waals surface area contributed by atoms with Crippen LogP contribution in [0.5, 0.6) is 0 Å². The number of alkyl halides is 2. The van der Waals surface area contributed by atoms with Crippen molar-refractivity contribution in [2.45, 2.75) is 43.4 Å². The normalized spacial score (nSPS) is 15.1. The summed E-state index contributed by atoms with van der Waals surface area (Å²) in [5.74, 6) is -4.05. The van der Waals surface area contributed by atoms with Crippen LogP contribution < -0.4 is 10.2 Å². The molecule has 0 unspecified atom stereocenters. The summed E-state index contributed by atoms with van der Waals surface area (Å²) in [7, 11) is -3.44. The molecule has 6 nitrogen and oxygen atoms in total. The molecule has 34 heavy (non-hydrogen) atoms. The average Bonchev–Trinajstić information content (AvgIpc) is 2.72. The maximum absolute atomic E-state index is 14.6. The highest BCUT2D eigenvalue weighted by Gasteiger charge is 2.44. The Bertz CT molecular complexity index is 1270. The van der Waals surface area contributed by atoms with Crippen LogP contribution in [0.25, 0.3) is 0 Å². The largest absolute Gasteiger partial charge is 0.325 e. The number of hydrogen-bond donors (Lipinski definition) is 1. The summed E-state index contributed by atoms with van der Waals surface area (Å²) in [6, 6.07) is 5.27. The van der Waals surface area contributed by atoms with E-state index in [0.717, 1.165) is 6.26 Å². The zero-order valence-electron chi connectivity index (χ0n) is 18.2. The summed E-state index contributed by atoms with van der Waals surface area (Å²) in [5.41, 5.74) is -0.0000236. The summed E-state index contributed by atoms with van der Waals surface area (Å²) in [4.78, 5) is 26.3. The molecule has 0 atom stereocenters. The second-order valence-corrected chi connectivity index (χ2v) is 11.2. The van der Waals surface area contributed by atoms with Crippen LogP contribution in [0.3, 0.4) is 0 Å². The Morgan fingerprint density at radius 2 is 1.76 bits per heavy atom. The Hall–Kier alpha value is -1.94. The van der Waals surface area contributed by atoms with Crippen molar-refractivity contribution in [1.82, 2.24) is 0 Å². The van der Waals surface area contributed by atoms with Crippen LogP contribution in [0.15, 0.2) is 29.2 Å². The third-order valence-electron chi connectivity index (χ3n) is 5.47. The van der Waals surface area contributed by atoms with E-state index in [9.17, 15) is 26.8 Å². The molecule has 3 rings (SSSR count). The van der Waals surface area contributed by atoms with E-state index in [-0.39, 0.29) is 68.3 Å². The van der Waals surface area contributed by atoms with Crippen molar-refractivity contribution in [1.29, 1.82) is 0 Å². The van der Waals surface area contributed by atoms with E-state index in [0.29, 0.717) is 0 Å². The van der Waals surface area contributed by atoms with Gasteiger partial charge in [0, 0.05) is 37.1 Å². The number of amides is 2. The number of carbonyl (C=O) groups is 2. The van der Waals surface area contributed by atoms with Crippen molar-refractivity contribution >= 4 is 67.8 Å². The first-order valence-corrected chi connectivity index (χ1v) is 13.2. The Morgan fingerprint density at radius 1 is 1.09 bits per heavy atom. The van der Waals surface area contributed by atoms with Gasteiger partial charge >= 0.3 is 0 Å². The average molecular weight is 554 g/mol. The number of anilines is 2. The van der Waals surface area contributed by atoms with Crippen molar-refractivity contribution in [3.8, 4) is 0 Å². The van der Waals surface area contributed by atoms with Crippen LogP contribution in [0.2, 0.25) is 15.1 Å². The minimum absolute atomic E-state index is 0.0173. The number of nitrogens with one attached hydrogen (secondary N) is 1. The predicted octanol–water partition coefficient (Wildman–Crippen LogP) is 6.00. The third kappa shape index (κ3) is 5.64. The fourth-order valence-corrected chi connectivity index (χ4v) is 5.23. The number of carbonyl (C=O) groups excluding carboxylic acids is 2. The van der Waals surface area contributed by atoms with Crippen LogP contribution in [0.1, 0.15) is 36.8 Å². The molecule has 0 fully saturated rings. The molecule has 1 aliphatic rings. The molecule has 184 valence electrons. The number of rotatable bonds is 6. The lowest BCUT2D eigenvalue weighted by molar-refractivity contribution is -0.119. The molecular formula is C22H21Cl3F2N2O4S. The van der Waals surface area contributed by atoms with Crippen molar-refractivity contribution < 1.29 is 26.8 Å². The van der Waals surface area contributed by atoms with Gasteiger partial charge in [-0.2, -0.15) is 0 Å². The summed E-state index contributed by atoms with van der Waals surface area (Å²) < 4.78 is 52.3. The van der Waals surface area contributed by atoms with Crippen molar-refractivity contribution in [2.75, 3.05) is 23.0 Å². The lowest BCUT2D eigenvalue weighted by Crippen LogP contribution is -2.41. The van der Waals surface area contributed by atoms with Crippen LogP contribution in [0, 0.1) is 6.92 Å². The van der Waals surface area contributed by atoms with Gasteiger partial charge in [-0.1, -0.05) is 34.8 Å². The van der Waals surface area contributed by atoms with Gasteiger partial charge in [0.15, 0.2) is 9.84 Å². The number of fused-ring (bicyclic) bond motifs is 1. The number of sulfone groups is 1. The predicted molar refractivity (Wildman–Crippen MR) is 129 cm³/mol. The minimum atomic E-state index is -3.44. The fourth-order valence-electron chi connectivity index (χ4n) is 3.73. The number of halogens is 5. The molecule has 0 spiro atoms. The molecule has 2 amide bonds. The van der Waals surface area contributed by atoms with Crippen LogP contribution in [0.4, 0.5) is 20.2 Å². The van der Waals surface area contributed by atoms with Crippen LogP contribution >= 0.6 is 34.8 Å². The smallest absolute Gasteiger partial charge is 0.277 e. The van der Waals surface area contributed by atoms with Gasteiger partial charge in [0.05, 0.1) is 31.9 Å². The van der Waals surface area contributed by atoms with Gasteiger partial charge in [0.25, 0.3) is 5.92 Å². The second kappa shape index (κ2) is 9.97. The van der Waals surface area contributed by atoms with Gasteiger partial charge in [-0.15, -0.1) is 0 Å². The maximum Gasteiger partial charge on any atom is 0.277 e. The summed E-state index contributed by atoms with van der Waals surface area (Å²) in [6.07, 6.45) is 0.512. The summed E-state index contributed by atoms with van der Waals surface area (Å²) >= 11 is 18.3. The molecule has 2 aromatic rings. The van der Waals surface area contributed by atoms with Crippen LogP contribution in [-0.4, -0.2) is 33.0 Å². The van der Waals surface area contributed by atoms with Gasteiger partial charge in [-0.3, -0.25) is 9.59 Å².